The van der Waals surface area contributed by atoms with Gasteiger partial charge in [-0.3, -0.25) is 9.10 Å². The molecule has 2 aromatic carbocycles. The fraction of sp³-hybridized carbons (Fsp3) is 0.350. The number of hydrogen-bond acceptors (Lipinski definition) is 4. The maximum absolute atomic E-state index is 13.0. The number of carbonyl (C=O) groups is 1. The van der Waals surface area contributed by atoms with Gasteiger partial charge in [0.2, 0.25) is 15.9 Å². The Labute approximate surface area is 165 Å². The minimum atomic E-state index is -3.67. The number of halogens is 1. The molecule has 0 saturated carbocycles. The van der Waals surface area contributed by atoms with Crippen molar-refractivity contribution in [2.45, 2.75) is 26.3 Å². The van der Waals surface area contributed by atoms with Gasteiger partial charge in [0.15, 0.2) is 0 Å². The Balaban J connectivity index is 2.09. The molecular formula is C20H25FN2O4S. The number of carbonyl (C=O) groups excluding carboxylic acids is 1. The van der Waals surface area contributed by atoms with E-state index in [1.165, 1.54) is 12.1 Å². The Hall–Kier alpha value is -2.61. The van der Waals surface area contributed by atoms with E-state index in [-0.39, 0.29) is 18.4 Å². The highest BCUT2D eigenvalue weighted by atomic mass is 32.2. The van der Waals surface area contributed by atoms with Crippen LogP contribution >= 0.6 is 0 Å². The summed E-state index contributed by atoms with van der Waals surface area (Å²) in [6, 6.07) is 11.9. The molecule has 0 aliphatic carbocycles. The van der Waals surface area contributed by atoms with Gasteiger partial charge in [0.25, 0.3) is 0 Å². The van der Waals surface area contributed by atoms with Crippen molar-refractivity contribution in [1.29, 1.82) is 0 Å². The lowest BCUT2D eigenvalue weighted by atomic mass is 10.1. The van der Waals surface area contributed by atoms with Gasteiger partial charge in [-0.05, 0) is 55.3 Å². The van der Waals surface area contributed by atoms with E-state index >= 15 is 0 Å². The van der Waals surface area contributed by atoms with Crippen molar-refractivity contribution < 1.29 is 22.3 Å². The number of rotatable bonds is 9. The minimum Gasteiger partial charge on any atom is -0.494 e. The first-order valence-electron chi connectivity index (χ1n) is 8.96. The predicted octanol–water partition coefficient (Wildman–Crippen LogP) is 3.26. The van der Waals surface area contributed by atoms with Gasteiger partial charge in [0, 0.05) is 0 Å². The summed E-state index contributed by atoms with van der Waals surface area (Å²) < 4.78 is 43.9. The van der Waals surface area contributed by atoms with Gasteiger partial charge in [0.05, 0.1) is 24.6 Å². The monoisotopic (exact) mass is 408 g/mol. The maximum Gasteiger partial charge on any atom is 0.241 e. The molecule has 0 aliphatic rings. The summed E-state index contributed by atoms with van der Waals surface area (Å²) in [5, 5.41) is 2.74. The summed E-state index contributed by atoms with van der Waals surface area (Å²) in [6.07, 6.45) is 1.91. The SMILES string of the molecule is CCCOc1ccc(N(CC(=O)N[C@H](C)c2ccc(F)cc2)S(C)(=O)=O)cc1. The van der Waals surface area contributed by atoms with E-state index in [9.17, 15) is 17.6 Å². The molecular weight excluding hydrogens is 383 g/mol. The smallest absolute Gasteiger partial charge is 0.241 e. The van der Waals surface area contributed by atoms with Crippen LogP contribution in [-0.2, 0) is 14.8 Å². The van der Waals surface area contributed by atoms with Crippen LogP contribution in [0.25, 0.3) is 0 Å². The van der Waals surface area contributed by atoms with Gasteiger partial charge in [-0.2, -0.15) is 0 Å². The first-order valence-corrected chi connectivity index (χ1v) is 10.8. The standard InChI is InChI=1S/C20H25FN2O4S/c1-4-13-27-19-11-9-18(10-12-19)23(28(3,25)26)14-20(24)22-15(2)16-5-7-17(21)8-6-16/h5-12,15H,4,13-14H2,1-3H3,(H,22,24)/t15-/m1/s1. The van der Waals surface area contributed by atoms with Crippen molar-refractivity contribution in [3.8, 4) is 5.75 Å². The molecule has 6 nitrogen and oxygen atoms in total. The summed E-state index contributed by atoms with van der Waals surface area (Å²) in [6.45, 7) is 3.94. The first kappa shape index (κ1) is 21.7. The Morgan fingerprint density at radius 2 is 1.75 bits per heavy atom. The molecule has 28 heavy (non-hydrogen) atoms. The van der Waals surface area contributed by atoms with Gasteiger partial charge in [0.1, 0.15) is 18.1 Å². The molecule has 0 fully saturated rings. The first-order chi connectivity index (χ1) is 13.2. The zero-order chi connectivity index (χ0) is 20.7. The number of sulfonamides is 1. The molecule has 152 valence electrons. The molecule has 1 amide bonds. The Bertz CT molecular complexity index is 883. The van der Waals surface area contributed by atoms with Crippen LogP contribution in [0.4, 0.5) is 10.1 Å². The van der Waals surface area contributed by atoms with E-state index in [0.29, 0.717) is 18.0 Å². The van der Waals surface area contributed by atoms with Gasteiger partial charge in [-0.1, -0.05) is 19.1 Å². The molecule has 2 rings (SSSR count). The highest BCUT2D eigenvalue weighted by Gasteiger charge is 2.22. The molecule has 0 radical (unpaired) electrons. The number of benzene rings is 2. The molecule has 8 heteroatoms. The molecule has 0 aliphatic heterocycles. The molecule has 0 saturated heterocycles. The lowest BCUT2D eigenvalue weighted by Crippen LogP contribution is -2.41. The molecule has 0 aromatic heterocycles. The van der Waals surface area contributed by atoms with Gasteiger partial charge >= 0.3 is 0 Å². The van der Waals surface area contributed by atoms with Gasteiger partial charge in [-0.15, -0.1) is 0 Å². The topological polar surface area (TPSA) is 75.7 Å². The summed E-state index contributed by atoms with van der Waals surface area (Å²) in [5.41, 5.74) is 1.09. The number of hydrogen-bond donors (Lipinski definition) is 1. The van der Waals surface area contributed by atoms with Crippen LogP contribution in [0.2, 0.25) is 0 Å². The van der Waals surface area contributed by atoms with Crippen molar-refractivity contribution in [3.05, 3.63) is 59.9 Å². The third-order valence-corrected chi connectivity index (χ3v) is 5.17. The quantitative estimate of drug-likeness (QED) is 0.691. The van der Waals surface area contributed by atoms with Crippen LogP contribution in [0.3, 0.4) is 0 Å². The summed E-state index contributed by atoms with van der Waals surface area (Å²) in [5.74, 6) is -0.195. The molecule has 0 unspecified atom stereocenters. The Morgan fingerprint density at radius 3 is 2.29 bits per heavy atom. The summed E-state index contributed by atoms with van der Waals surface area (Å²) in [7, 11) is -3.67. The fourth-order valence-corrected chi connectivity index (χ4v) is 3.44. The Morgan fingerprint density at radius 1 is 1.14 bits per heavy atom. The summed E-state index contributed by atoms with van der Waals surface area (Å²) >= 11 is 0. The number of nitrogens with one attached hydrogen (secondary N) is 1. The second kappa shape index (κ2) is 9.54. The molecule has 0 heterocycles. The van der Waals surface area contributed by atoms with Crippen molar-refractivity contribution in [1.82, 2.24) is 5.32 Å². The van der Waals surface area contributed by atoms with Crippen molar-refractivity contribution in [2.24, 2.45) is 0 Å². The third-order valence-electron chi connectivity index (χ3n) is 4.03. The summed E-state index contributed by atoms with van der Waals surface area (Å²) in [4.78, 5) is 12.4. The van der Waals surface area contributed by atoms with Gasteiger partial charge in [-0.25, -0.2) is 12.8 Å². The van der Waals surface area contributed by atoms with Crippen LogP contribution in [-0.4, -0.2) is 33.7 Å². The second-order valence-corrected chi connectivity index (χ2v) is 8.36. The third kappa shape index (κ3) is 6.23. The lowest BCUT2D eigenvalue weighted by molar-refractivity contribution is -0.120. The highest BCUT2D eigenvalue weighted by molar-refractivity contribution is 7.92. The molecule has 1 N–H and O–H groups in total. The average Bonchev–Trinajstić information content (AvgIpc) is 2.64. The largest absolute Gasteiger partial charge is 0.494 e. The second-order valence-electron chi connectivity index (χ2n) is 6.45. The molecule has 2 aromatic rings. The van der Waals surface area contributed by atoms with Crippen molar-refractivity contribution in [3.63, 3.8) is 0 Å². The number of amides is 1. The zero-order valence-electron chi connectivity index (χ0n) is 16.2. The maximum atomic E-state index is 13.0. The van der Waals surface area contributed by atoms with Crippen LogP contribution in [0.5, 0.6) is 5.75 Å². The predicted molar refractivity (Wildman–Crippen MR) is 107 cm³/mol. The van der Waals surface area contributed by atoms with E-state index in [4.69, 9.17) is 4.74 Å². The van der Waals surface area contributed by atoms with E-state index in [1.54, 1.807) is 43.3 Å². The van der Waals surface area contributed by atoms with Crippen molar-refractivity contribution in [2.75, 3.05) is 23.7 Å². The zero-order valence-corrected chi connectivity index (χ0v) is 17.0. The van der Waals surface area contributed by atoms with Crippen LogP contribution in [0.15, 0.2) is 48.5 Å². The van der Waals surface area contributed by atoms with Crippen LogP contribution < -0.4 is 14.4 Å². The number of nitrogens with zero attached hydrogens (tertiary/aromatic N) is 1. The molecule has 1 atom stereocenters. The van der Waals surface area contributed by atoms with Crippen LogP contribution in [0.1, 0.15) is 31.9 Å². The Kier molecular flexibility index (Phi) is 7.39. The number of ether oxygens (including phenoxy) is 1. The molecule has 0 bridgehead atoms. The van der Waals surface area contributed by atoms with Gasteiger partial charge < -0.3 is 10.1 Å². The van der Waals surface area contributed by atoms with E-state index < -0.39 is 15.9 Å². The van der Waals surface area contributed by atoms with E-state index in [2.05, 4.69) is 5.32 Å². The van der Waals surface area contributed by atoms with E-state index in [1.807, 2.05) is 6.92 Å². The highest BCUT2D eigenvalue weighted by Crippen LogP contribution is 2.22. The molecule has 0 spiro atoms. The lowest BCUT2D eigenvalue weighted by Gasteiger charge is -2.23. The average molecular weight is 408 g/mol. The van der Waals surface area contributed by atoms with Crippen molar-refractivity contribution >= 4 is 21.6 Å². The number of anilines is 1. The fourth-order valence-electron chi connectivity index (χ4n) is 2.58. The normalized spacial score (nSPS) is 12.3. The minimum absolute atomic E-state index is 0.362. The van der Waals surface area contributed by atoms with Crippen LogP contribution in [0, 0.1) is 5.82 Å². The van der Waals surface area contributed by atoms with E-state index in [0.717, 1.165) is 22.5 Å².